The molecule has 1 aliphatic heterocycles. The number of hydrogen-bond acceptors (Lipinski definition) is 2. The quantitative estimate of drug-likeness (QED) is 0.861. The summed E-state index contributed by atoms with van der Waals surface area (Å²) in [6.45, 7) is 0. The van der Waals surface area contributed by atoms with Crippen LogP contribution in [0.2, 0.25) is 0 Å². The third kappa shape index (κ3) is 2.16. The van der Waals surface area contributed by atoms with Gasteiger partial charge in [-0.3, -0.25) is 9.59 Å². The molecule has 0 spiro atoms. The van der Waals surface area contributed by atoms with Crippen molar-refractivity contribution in [3.05, 3.63) is 59.9 Å². The predicted octanol–water partition coefficient (Wildman–Crippen LogP) is 2.52. The molecule has 2 amide bonds. The lowest BCUT2D eigenvalue weighted by Crippen LogP contribution is -2.31. The third-order valence-corrected chi connectivity index (χ3v) is 3.58. The molecular weight excluding hydrogens is 271 g/mol. The van der Waals surface area contributed by atoms with Gasteiger partial charge >= 0.3 is 0 Å². The van der Waals surface area contributed by atoms with Gasteiger partial charge in [0.2, 0.25) is 11.8 Å². The second-order valence-electron chi connectivity index (χ2n) is 4.86. The highest BCUT2D eigenvalue weighted by Crippen LogP contribution is 2.36. The standard InChI is InChI=1S/C16H13FN2O2/c1-19-13-9-5-2-6-10(13)14(16(19)21)15(20)18-12-8-4-3-7-11(12)17/h2-9,14H,1H3,(H,18,20)/t14-/m1/s1. The van der Waals surface area contributed by atoms with Crippen molar-refractivity contribution in [3.63, 3.8) is 0 Å². The Labute approximate surface area is 121 Å². The smallest absolute Gasteiger partial charge is 0.243 e. The van der Waals surface area contributed by atoms with Gasteiger partial charge in [0, 0.05) is 12.7 Å². The first kappa shape index (κ1) is 13.3. The molecular formula is C16H13FN2O2. The third-order valence-electron chi connectivity index (χ3n) is 3.58. The van der Waals surface area contributed by atoms with Gasteiger partial charge in [-0.2, -0.15) is 0 Å². The number of benzene rings is 2. The molecule has 0 saturated heterocycles. The summed E-state index contributed by atoms with van der Waals surface area (Å²) < 4.78 is 13.6. The molecule has 0 saturated carbocycles. The van der Waals surface area contributed by atoms with Crippen molar-refractivity contribution in [2.45, 2.75) is 5.92 Å². The summed E-state index contributed by atoms with van der Waals surface area (Å²) in [5.74, 6) is -2.31. The van der Waals surface area contributed by atoms with Crippen LogP contribution in [-0.2, 0) is 9.59 Å². The molecule has 0 aromatic heterocycles. The lowest BCUT2D eigenvalue weighted by atomic mass is 10.00. The summed E-state index contributed by atoms with van der Waals surface area (Å²) in [6, 6.07) is 13.0. The van der Waals surface area contributed by atoms with E-state index in [-0.39, 0.29) is 11.6 Å². The molecule has 0 aliphatic carbocycles. The predicted molar refractivity (Wildman–Crippen MR) is 77.6 cm³/mol. The Kier molecular flexibility index (Phi) is 3.17. The summed E-state index contributed by atoms with van der Waals surface area (Å²) in [7, 11) is 1.62. The highest BCUT2D eigenvalue weighted by atomic mass is 19.1. The second kappa shape index (κ2) is 5.01. The Bertz CT molecular complexity index is 730. The van der Waals surface area contributed by atoms with Gasteiger partial charge in [0.1, 0.15) is 11.7 Å². The van der Waals surface area contributed by atoms with Crippen molar-refractivity contribution in [2.24, 2.45) is 0 Å². The van der Waals surface area contributed by atoms with E-state index in [0.717, 1.165) is 0 Å². The molecule has 1 aliphatic rings. The number of likely N-dealkylation sites (N-methyl/N-ethyl adjacent to an activating group) is 1. The average Bonchev–Trinajstić information content (AvgIpc) is 2.74. The number of hydrogen-bond donors (Lipinski definition) is 1. The topological polar surface area (TPSA) is 49.4 Å². The molecule has 1 N–H and O–H groups in total. The van der Waals surface area contributed by atoms with Crippen molar-refractivity contribution < 1.29 is 14.0 Å². The minimum atomic E-state index is -0.939. The normalized spacial score (nSPS) is 16.8. The number of rotatable bonds is 2. The molecule has 0 bridgehead atoms. The molecule has 2 aromatic carbocycles. The summed E-state index contributed by atoms with van der Waals surface area (Å²) >= 11 is 0. The van der Waals surface area contributed by atoms with Gasteiger partial charge in [0.05, 0.1) is 5.69 Å². The highest BCUT2D eigenvalue weighted by molar-refractivity contribution is 6.20. The van der Waals surface area contributed by atoms with Gasteiger partial charge in [0.15, 0.2) is 0 Å². The Morgan fingerprint density at radius 1 is 1.14 bits per heavy atom. The van der Waals surface area contributed by atoms with E-state index in [9.17, 15) is 14.0 Å². The first-order valence-electron chi connectivity index (χ1n) is 6.51. The maximum atomic E-state index is 13.6. The van der Waals surface area contributed by atoms with Crippen LogP contribution in [0.1, 0.15) is 11.5 Å². The molecule has 1 heterocycles. The molecule has 2 aromatic rings. The van der Waals surface area contributed by atoms with E-state index in [1.807, 2.05) is 0 Å². The molecule has 106 valence electrons. The molecule has 21 heavy (non-hydrogen) atoms. The summed E-state index contributed by atoms with van der Waals surface area (Å²) in [5.41, 5.74) is 1.41. The van der Waals surface area contributed by atoms with E-state index in [1.165, 1.54) is 23.1 Å². The molecule has 5 heteroatoms. The Morgan fingerprint density at radius 3 is 2.57 bits per heavy atom. The monoisotopic (exact) mass is 284 g/mol. The fourth-order valence-corrected chi connectivity index (χ4v) is 2.50. The number of carbonyl (C=O) groups is 2. The van der Waals surface area contributed by atoms with Crippen molar-refractivity contribution in [1.82, 2.24) is 0 Å². The van der Waals surface area contributed by atoms with E-state index in [1.54, 1.807) is 37.4 Å². The minimum absolute atomic E-state index is 0.0716. The Morgan fingerprint density at radius 2 is 1.81 bits per heavy atom. The molecule has 3 rings (SSSR count). The number of para-hydroxylation sites is 2. The van der Waals surface area contributed by atoms with Crippen LogP contribution in [-0.4, -0.2) is 18.9 Å². The van der Waals surface area contributed by atoms with Crippen LogP contribution in [0.25, 0.3) is 0 Å². The first-order chi connectivity index (χ1) is 10.1. The highest BCUT2D eigenvalue weighted by Gasteiger charge is 2.40. The van der Waals surface area contributed by atoms with E-state index in [4.69, 9.17) is 0 Å². The molecule has 4 nitrogen and oxygen atoms in total. The van der Waals surface area contributed by atoms with Crippen LogP contribution in [0.5, 0.6) is 0 Å². The van der Waals surface area contributed by atoms with Crippen LogP contribution in [0.15, 0.2) is 48.5 Å². The maximum absolute atomic E-state index is 13.6. The van der Waals surface area contributed by atoms with E-state index < -0.39 is 17.6 Å². The zero-order valence-corrected chi connectivity index (χ0v) is 11.3. The molecule has 0 unspecified atom stereocenters. The summed E-state index contributed by atoms with van der Waals surface area (Å²) in [5, 5.41) is 2.48. The number of nitrogens with zero attached hydrogens (tertiary/aromatic N) is 1. The first-order valence-corrected chi connectivity index (χ1v) is 6.51. The maximum Gasteiger partial charge on any atom is 0.243 e. The van der Waals surface area contributed by atoms with Crippen LogP contribution in [0, 0.1) is 5.82 Å². The van der Waals surface area contributed by atoms with Gasteiger partial charge < -0.3 is 10.2 Å². The number of fused-ring (bicyclic) bond motifs is 1. The molecule has 1 atom stereocenters. The largest absolute Gasteiger partial charge is 0.323 e. The number of halogens is 1. The van der Waals surface area contributed by atoms with Gasteiger partial charge in [0.25, 0.3) is 0 Å². The lowest BCUT2D eigenvalue weighted by Gasteiger charge is -2.12. The van der Waals surface area contributed by atoms with Crippen LogP contribution in [0.4, 0.5) is 15.8 Å². The summed E-state index contributed by atoms with van der Waals surface area (Å²) in [6.07, 6.45) is 0. The zero-order chi connectivity index (χ0) is 15.0. The molecule has 0 radical (unpaired) electrons. The van der Waals surface area contributed by atoms with E-state index in [0.29, 0.717) is 11.3 Å². The fourth-order valence-electron chi connectivity index (χ4n) is 2.50. The van der Waals surface area contributed by atoms with E-state index in [2.05, 4.69) is 5.32 Å². The minimum Gasteiger partial charge on any atom is -0.323 e. The fraction of sp³-hybridized carbons (Fsp3) is 0.125. The average molecular weight is 284 g/mol. The van der Waals surface area contributed by atoms with Crippen LogP contribution < -0.4 is 10.2 Å². The van der Waals surface area contributed by atoms with Crippen molar-refractivity contribution in [2.75, 3.05) is 17.3 Å². The lowest BCUT2D eigenvalue weighted by molar-refractivity contribution is -0.126. The van der Waals surface area contributed by atoms with Crippen molar-refractivity contribution in [1.29, 1.82) is 0 Å². The van der Waals surface area contributed by atoms with Gasteiger partial charge in [-0.15, -0.1) is 0 Å². The second-order valence-corrected chi connectivity index (χ2v) is 4.86. The van der Waals surface area contributed by atoms with Gasteiger partial charge in [-0.05, 0) is 23.8 Å². The summed E-state index contributed by atoms with van der Waals surface area (Å²) in [4.78, 5) is 26.1. The van der Waals surface area contributed by atoms with Gasteiger partial charge in [-0.1, -0.05) is 30.3 Å². The number of amides is 2. The van der Waals surface area contributed by atoms with Crippen LogP contribution in [0.3, 0.4) is 0 Å². The van der Waals surface area contributed by atoms with Gasteiger partial charge in [-0.25, -0.2) is 4.39 Å². The zero-order valence-electron chi connectivity index (χ0n) is 11.3. The number of nitrogens with one attached hydrogen (secondary N) is 1. The van der Waals surface area contributed by atoms with Crippen molar-refractivity contribution >= 4 is 23.2 Å². The number of anilines is 2. The SMILES string of the molecule is CN1C(=O)[C@@H](C(=O)Nc2ccccc2F)c2ccccc21. The number of carbonyl (C=O) groups excluding carboxylic acids is 2. The Hall–Kier alpha value is -2.69. The van der Waals surface area contributed by atoms with Crippen molar-refractivity contribution in [3.8, 4) is 0 Å². The molecule has 0 fully saturated rings. The van der Waals surface area contributed by atoms with E-state index >= 15 is 0 Å². The van der Waals surface area contributed by atoms with Crippen LogP contribution >= 0.6 is 0 Å². The Balaban J connectivity index is 1.92.